The quantitative estimate of drug-likeness (QED) is 0.911. The molecule has 1 heterocycles. The third kappa shape index (κ3) is 2.56. The molecule has 15 heavy (non-hydrogen) atoms. The minimum Gasteiger partial charge on any atom is -0.396 e. The Labute approximate surface area is 96.8 Å². The van der Waals surface area contributed by atoms with Crippen molar-refractivity contribution in [2.45, 2.75) is 6.54 Å². The average molecular weight is 274 g/mol. The van der Waals surface area contributed by atoms with Gasteiger partial charge in [-0.05, 0) is 33.6 Å². The number of hydrogen-bond acceptors (Lipinski definition) is 2. The number of halogens is 2. The molecular formula is C11H13BrFNO. The van der Waals surface area contributed by atoms with Crippen LogP contribution in [0.4, 0.5) is 4.39 Å². The van der Waals surface area contributed by atoms with Crippen molar-refractivity contribution < 1.29 is 9.50 Å². The number of rotatable bonds is 3. The van der Waals surface area contributed by atoms with E-state index in [1.165, 1.54) is 0 Å². The van der Waals surface area contributed by atoms with E-state index in [9.17, 15) is 4.39 Å². The van der Waals surface area contributed by atoms with Crippen LogP contribution in [0.5, 0.6) is 0 Å². The third-order valence-electron chi connectivity index (χ3n) is 2.68. The molecule has 1 aromatic carbocycles. The first-order chi connectivity index (χ1) is 7.19. The maximum atomic E-state index is 13.2. The van der Waals surface area contributed by atoms with E-state index in [-0.39, 0.29) is 12.4 Å². The zero-order valence-electron chi connectivity index (χ0n) is 8.29. The van der Waals surface area contributed by atoms with E-state index < -0.39 is 0 Å². The van der Waals surface area contributed by atoms with Gasteiger partial charge >= 0.3 is 0 Å². The van der Waals surface area contributed by atoms with Crippen molar-refractivity contribution in [1.82, 2.24) is 4.90 Å². The number of benzene rings is 1. The summed E-state index contributed by atoms with van der Waals surface area (Å²) in [5.74, 6) is 0.192. The number of aliphatic hydroxyl groups is 1. The number of nitrogens with zero attached hydrogens (tertiary/aromatic N) is 1. The van der Waals surface area contributed by atoms with Crippen molar-refractivity contribution in [1.29, 1.82) is 0 Å². The van der Waals surface area contributed by atoms with Gasteiger partial charge in [-0.15, -0.1) is 0 Å². The maximum absolute atomic E-state index is 13.2. The molecule has 0 unspecified atom stereocenters. The van der Waals surface area contributed by atoms with Crippen LogP contribution in [0.2, 0.25) is 0 Å². The molecule has 0 atom stereocenters. The van der Waals surface area contributed by atoms with E-state index in [2.05, 4.69) is 20.8 Å². The van der Waals surface area contributed by atoms with Gasteiger partial charge in [0.05, 0.1) is 4.47 Å². The molecule has 1 N–H and O–H groups in total. The lowest BCUT2D eigenvalue weighted by atomic mass is 10.0. The first-order valence-corrected chi connectivity index (χ1v) is 5.75. The second-order valence-corrected chi connectivity index (χ2v) is 4.85. The largest absolute Gasteiger partial charge is 0.396 e. The second-order valence-electron chi connectivity index (χ2n) is 3.99. The van der Waals surface area contributed by atoms with Gasteiger partial charge in [-0.3, -0.25) is 4.90 Å². The molecule has 82 valence electrons. The molecule has 1 aliphatic rings. The summed E-state index contributed by atoms with van der Waals surface area (Å²) in [6.45, 7) is 2.84. The Morgan fingerprint density at radius 1 is 1.47 bits per heavy atom. The van der Waals surface area contributed by atoms with Crippen LogP contribution in [0, 0.1) is 11.7 Å². The molecule has 0 saturated carbocycles. The van der Waals surface area contributed by atoms with Gasteiger partial charge in [0, 0.05) is 32.2 Å². The summed E-state index contributed by atoms with van der Waals surface area (Å²) in [5.41, 5.74) is 0.979. The van der Waals surface area contributed by atoms with Gasteiger partial charge in [0.1, 0.15) is 5.82 Å². The molecule has 4 heteroatoms. The minimum atomic E-state index is -0.216. The Kier molecular flexibility index (Phi) is 3.38. The Morgan fingerprint density at radius 2 is 2.20 bits per heavy atom. The summed E-state index contributed by atoms with van der Waals surface area (Å²) in [6.07, 6.45) is 0. The zero-order valence-corrected chi connectivity index (χ0v) is 9.87. The Bertz CT molecular complexity index is 352. The van der Waals surface area contributed by atoms with Crippen LogP contribution < -0.4 is 0 Å². The van der Waals surface area contributed by atoms with Crippen molar-refractivity contribution >= 4 is 15.9 Å². The monoisotopic (exact) mass is 273 g/mol. The maximum Gasteiger partial charge on any atom is 0.137 e. The number of hydrogen-bond donors (Lipinski definition) is 1. The van der Waals surface area contributed by atoms with E-state index in [1.807, 2.05) is 6.07 Å². The van der Waals surface area contributed by atoms with E-state index in [0.717, 1.165) is 25.2 Å². The summed E-state index contributed by atoms with van der Waals surface area (Å²) in [4.78, 5) is 2.20. The normalized spacial score (nSPS) is 17.8. The van der Waals surface area contributed by atoms with Crippen LogP contribution in [0.15, 0.2) is 22.7 Å². The van der Waals surface area contributed by atoms with Crippen LogP contribution in [0.3, 0.4) is 0 Å². The van der Waals surface area contributed by atoms with Crippen LogP contribution in [0.1, 0.15) is 5.56 Å². The molecule has 0 amide bonds. The van der Waals surface area contributed by atoms with Crippen molar-refractivity contribution in [3.8, 4) is 0 Å². The van der Waals surface area contributed by atoms with E-state index in [0.29, 0.717) is 10.4 Å². The lowest BCUT2D eigenvalue weighted by Crippen LogP contribution is -2.47. The van der Waals surface area contributed by atoms with E-state index in [1.54, 1.807) is 12.1 Å². The molecule has 0 radical (unpaired) electrons. The fraction of sp³-hybridized carbons (Fsp3) is 0.455. The third-order valence-corrected chi connectivity index (χ3v) is 3.32. The molecule has 1 fully saturated rings. The van der Waals surface area contributed by atoms with Crippen LogP contribution >= 0.6 is 15.9 Å². The lowest BCUT2D eigenvalue weighted by molar-refractivity contribution is 0.0478. The van der Waals surface area contributed by atoms with Crippen molar-refractivity contribution in [3.05, 3.63) is 34.1 Å². The zero-order chi connectivity index (χ0) is 10.8. The van der Waals surface area contributed by atoms with Gasteiger partial charge in [0.15, 0.2) is 0 Å². The van der Waals surface area contributed by atoms with Crippen molar-refractivity contribution in [2.75, 3.05) is 19.7 Å². The van der Waals surface area contributed by atoms with Crippen LogP contribution in [-0.2, 0) is 6.54 Å². The van der Waals surface area contributed by atoms with Gasteiger partial charge in [0.2, 0.25) is 0 Å². The summed E-state index contributed by atoms with van der Waals surface area (Å²) in [6, 6.07) is 5.20. The fourth-order valence-corrected chi connectivity index (χ4v) is 2.06. The first-order valence-electron chi connectivity index (χ1n) is 4.96. The molecular weight excluding hydrogens is 261 g/mol. The summed E-state index contributed by atoms with van der Waals surface area (Å²) in [5, 5.41) is 8.86. The molecule has 0 spiro atoms. The smallest absolute Gasteiger partial charge is 0.137 e. The molecule has 2 rings (SSSR count). The Hall–Kier alpha value is -0.450. The number of likely N-dealkylation sites (tertiary alicyclic amines) is 1. The summed E-state index contributed by atoms with van der Waals surface area (Å²) in [7, 11) is 0. The minimum absolute atomic E-state index is 0.216. The average Bonchev–Trinajstić information content (AvgIpc) is 2.16. The van der Waals surface area contributed by atoms with Gasteiger partial charge in [-0.1, -0.05) is 6.07 Å². The highest BCUT2D eigenvalue weighted by Gasteiger charge is 2.25. The predicted molar refractivity (Wildman–Crippen MR) is 60.0 cm³/mol. The van der Waals surface area contributed by atoms with Crippen molar-refractivity contribution in [3.63, 3.8) is 0 Å². The van der Waals surface area contributed by atoms with E-state index in [4.69, 9.17) is 5.11 Å². The molecule has 0 aromatic heterocycles. The Morgan fingerprint density at radius 3 is 2.80 bits per heavy atom. The molecule has 0 bridgehead atoms. The highest BCUT2D eigenvalue weighted by atomic mass is 79.9. The summed E-state index contributed by atoms with van der Waals surface area (Å²) < 4.78 is 13.7. The first kappa shape index (κ1) is 11.0. The molecule has 1 aromatic rings. The molecule has 2 nitrogen and oxygen atoms in total. The summed E-state index contributed by atoms with van der Waals surface area (Å²) >= 11 is 3.13. The van der Waals surface area contributed by atoms with Gasteiger partial charge < -0.3 is 5.11 Å². The molecule has 0 aliphatic carbocycles. The van der Waals surface area contributed by atoms with Gasteiger partial charge in [-0.25, -0.2) is 4.39 Å². The second kappa shape index (κ2) is 4.60. The van der Waals surface area contributed by atoms with Crippen LogP contribution in [-0.4, -0.2) is 29.7 Å². The van der Waals surface area contributed by atoms with Gasteiger partial charge in [0.25, 0.3) is 0 Å². The predicted octanol–water partition coefficient (Wildman–Crippen LogP) is 2.01. The number of aliphatic hydroxyl groups excluding tert-OH is 1. The topological polar surface area (TPSA) is 23.5 Å². The SMILES string of the molecule is OCC1CN(Cc2ccc(Br)c(F)c2)C1. The standard InChI is InChI=1S/C11H13BrFNO/c12-10-2-1-8(3-11(10)13)4-14-5-9(6-14)7-15/h1-3,9,15H,4-7H2. The highest BCUT2D eigenvalue weighted by molar-refractivity contribution is 9.10. The van der Waals surface area contributed by atoms with E-state index >= 15 is 0 Å². The molecule has 1 aliphatic heterocycles. The fourth-order valence-electron chi connectivity index (χ4n) is 1.82. The highest BCUT2D eigenvalue weighted by Crippen LogP contribution is 2.21. The van der Waals surface area contributed by atoms with Crippen molar-refractivity contribution in [2.24, 2.45) is 5.92 Å². The lowest BCUT2D eigenvalue weighted by Gasteiger charge is -2.38. The van der Waals surface area contributed by atoms with Crippen LogP contribution in [0.25, 0.3) is 0 Å². The molecule has 1 saturated heterocycles. The van der Waals surface area contributed by atoms with Gasteiger partial charge in [-0.2, -0.15) is 0 Å². The Balaban J connectivity index is 1.92.